The second kappa shape index (κ2) is 5.49. The summed E-state index contributed by atoms with van der Waals surface area (Å²) in [6, 6.07) is 3.62. The first-order valence-corrected chi connectivity index (χ1v) is 6.64. The van der Waals surface area contributed by atoms with E-state index >= 15 is 0 Å². The summed E-state index contributed by atoms with van der Waals surface area (Å²) < 4.78 is 26.2. The first-order valence-electron chi connectivity index (χ1n) is 5.48. The molecule has 0 bridgehead atoms. The van der Waals surface area contributed by atoms with E-state index in [-0.39, 0.29) is 5.56 Å². The molecule has 0 radical (unpaired) electrons. The number of hydrogen-bond donors (Lipinski definition) is 1. The molecule has 1 atom stereocenters. The van der Waals surface area contributed by atoms with E-state index in [2.05, 4.69) is 5.32 Å². The van der Waals surface area contributed by atoms with Crippen LogP contribution in [0.1, 0.15) is 16.8 Å². The summed E-state index contributed by atoms with van der Waals surface area (Å²) in [5.41, 5.74) is -0.226. The van der Waals surface area contributed by atoms with Crippen LogP contribution in [0.15, 0.2) is 18.2 Å². The zero-order valence-corrected chi connectivity index (χ0v) is 10.0. The summed E-state index contributed by atoms with van der Waals surface area (Å²) >= 11 is 1.85. The SMILES string of the molecule is O=C(NCC1CCSC1)c1cccc(F)c1F. The zero-order valence-electron chi connectivity index (χ0n) is 9.21. The van der Waals surface area contributed by atoms with Crippen LogP contribution < -0.4 is 5.32 Å². The highest BCUT2D eigenvalue weighted by molar-refractivity contribution is 7.99. The molecule has 0 spiro atoms. The maximum Gasteiger partial charge on any atom is 0.254 e. The monoisotopic (exact) mass is 257 g/mol. The largest absolute Gasteiger partial charge is 0.352 e. The molecule has 5 heteroatoms. The Morgan fingerprint density at radius 3 is 3.00 bits per heavy atom. The molecule has 1 aromatic rings. The number of thioether (sulfide) groups is 1. The molecule has 1 aliphatic rings. The van der Waals surface area contributed by atoms with Gasteiger partial charge in [-0.25, -0.2) is 8.78 Å². The fourth-order valence-corrected chi connectivity index (χ4v) is 3.04. The fourth-order valence-electron chi connectivity index (χ4n) is 1.76. The van der Waals surface area contributed by atoms with Crippen molar-refractivity contribution in [3.8, 4) is 0 Å². The molecule has 1 heterocycles. The van der Waals surface area contributed by atoms with Crippen LogP contribution in [0.5, 0.6) is 0 Å². The van der Waals surface area contributed by atoms with Crippen molar-refractivity contribution in [2.45, 2.75) is 6.42 Å². The van der Waals surface area contributed by atoms with Crippen molar-refractivity contribution in [1.82, 2.24) is 5.32 Å². The highest BCUT2D eigenvalue weighted by atomic mass is 32.2. The van der Waals surface area contributed by atoms with Crippen molar-refractivity contribution in [2.75, 3.05) is 18.1 Å². The van der Waals surface area contributed by atoms with Crippen LogP contribution in [0, 0.1) is 17.6 Å². The van der Waals surface area contributed by atoms with Gasteiger partial charge in [0.05, 0.1) is 5.56 Å². The van der Waals surface area contributed by atoms with Gasteiger partial charge in [0, 0.05) is 6.54 Å². The van der Waals surface area contributed by atoms with Crippen LogP contribution in [-0.4, -0.2) is 24.0 Å². The topological polar surface area (TPSA) is 29.1 Å². The minimum atomic E-state index is -1.08. The molecule has 92 valence electrons. The Morgan fingerprint density at radius 2 is 2.29 bits per heavy atom. The summed E-state index contributed by atoms with van der Waals surface area (Å²) in [5, 5.41) is 2.65. The zero-order chi connectivity index (χ0) is 12.3. The van der Waals surface area contributed by atoms with Crippen molar-refractivity contribution in [3.05, 3.63) is 35.4 Å². The lowest BCUT2D eigenvalue weighted by Crippen LogP contribution is -2.30. The maximum absolute atomic E-state index is 13.3. The Kier molecular flexibility index (Phi) is 3.99. The van der Waals surface area contributed by atoms with Gasteiger partial charge < -0.3 is 5.32 Å². The normalized spacial score (nSPS) is 19.3. The van der Waals surface area contributed by atoms with E-state index in [4.69, 9.17) is 0 Å². The molecule has 1 aliphatic heterocycles. The molecule has 1 aromatic carbocycles. The number of carbonyl (C=O) groups is 1. The summed E-state index contributed by atoms with van der Waals surface area (Å²) in [6.07, 6.45) is 1.07. The molecule has 0 aliphatic carbocycles. The van der Waals surface area contributed by atoms with Gasteiger partial charge in [0.2, 0.25) is 0 Å². The van der Waals surface area contributed by atoms with Crippen LogP contribution in [0.2, 0.25) is 0 Å². The molecule has 17 heavy (non-hydrogen) atoms. The van der Waals surface area contributed by atoms with Crippen molar-refractivity contribution in [3.63, 3.8) is 0 Å². The standard InChI is InChI=1S/C12H13F2NOS/c13-10-3-1-2-9(11(10)14)12(16)15-6-8-4-5-17-7-8/h1-3,8H,4-7H2,(H,15,16). The van der Waals surface area contributed by atoms with E-state index < -0.39 is 17.5 Å². The van der Waals surface area contributed by atoms with E-state index in [1.807, 2.05) is 11.8 Å². The van der Waals surface area contributed by atoms with Crippen LogP contribution in [0.25, 0.3) is 0 Å². The van der Waals surface area contributed by atoms with E-state index in [0.29, 0.717) is 12.5 Å². The molecule has 0 aromatic heterocycles. The Balaban J connectivity index is 1.97. The lowest BCUT2D eigenvalue weighted by atomic mass is 10.1. The highest BCUT2D eigenvalue weighted by Crippen LogP contribution is 2.22. The van der Waals surface area contributed by atoms with Crippen LogP contribution in [0.4, 0.5) is 8.78 Å². The van der Waals surface area contributed by atoms with Crippen molar-refractivity contribution in [2.24, 2.45) is 5.92 Å². The predicted octanol–water partition coefficient (Wildman–Crippen LogP) is 2.45. The quantitative estimate of drug-likeness (QED) is 0.901. The van der Waals surface area contributed by atoms with Crippen molar-refractivity contribution in [1.29, 1.82) is 0 Å². The van der Waals surface area contributed by atoms with Gasteiger partial charge in [0.25, 0.3) is 5.91 Å². The molecular weight excluding hydrogens is 244 g/mol. The van der Waals surface area contributed by atoms with Gasteiger partial charge >= 0.3 is 0 Å². The van der Waals surface area contributed by atoms with Crippen LogP contribution in [-0.2, 0) is 0 Å². The molecule has 2 nitrogen and oxygen atoms in total. The lowest BCUT2D eigenvalue weighted by Gasteiger charge is -2.10. The number of nitrogens with one attached hydrogen (secondary N) is 1. The van der Waals surface area contributed by atoms with Gasteiger partial charge in [-0.2, -0.15) is 11.8 Å². The molecule has 2 rings (SSSR count). The maximum atomic E-state index is 13.3. The Labute approximate surface area is 103 Å². The number of carbonyl (C=O) groups excluding carboxylic acids is 1. The smallest absolute Gasteiger partial charge is 0.254 e. The third kappa shape index (κ3) is 2.97. The Hall–Kier alpha value is -1.10. The van der Waals surface area contributed by atoms with E-state index in [1.165, 1.54) is 12.1 Å². The molecule has 1 amide bonds. The fraction of sp³-hybridized carbons (Fsp3) is 0.417. The van der Waals surface area contributed by atoms with Crippen LogP contribution >= 0.6 is 11.8 Å². The molecule has 1 N–H and O–H groups in total. The van der Waals surface area contributed by atoms with Crippen molar-refractivity contribution < 1.29 is 13.6 Å². The summed E-state index contributed by atoms with van der Waals surface area (Å²) in [4.78, 5) is 11.6. The third-order valence-corrected chi connectivity index (χ3v) is 4.00. The predicted molar refractivity (Wildman–Crippen MR) is 64.1 cm³/mol. The molecule has 1 saturated heterocycles. The van der Waals surface area contributed by atoms with Gasteiger partial charge in [-0.3, -0.25) is 4.79 Å². The van der Waals surface area contributed by atoms with E-state index in [0.717, 1.165) is 24.0 Å². The second-order valence-corrected chi connectivity index (χ2v) is 5.19. The summed E-state index contributed by atoms with van der Waals surface area (Å²) in [7, 11) is 0. The summed E-state index contributed by atoms with van der Waals surface area (Å²) in [5.74, 6) is -0.0415. The number of hydrogen-bond acceptors (Lipinski definition) is 2. The minimum absolute atomic E-state index is 0.226. The van der Waals surface area contributed by atoms with Gasteiger partial charge in [-0.05, 0) is 36.0 Å². The highest BCUT2D eigenvalue weighted by Gasteiger charge is 2.19. The summed E-state index contributed by atoms with van der Waals surface area (Å²) in [6.45, 7) is 0.530. The number of halogens is 2. The Bertz CT molecular complexity index is 419. The van der Waals surface area contributed by atoms with E-state index in [1.54, 1.807) is 0 Å². The van der Waals surface area contributed by atoms with Gasteiger partial charge in [-0.1, -0.05) is 6.07 Å². The Morgan fingerprint density at radius 1 is 1.47 bits per heavy atom. The average molecular weight is 257 g/mol. The minimum Gasteiger partial charge on any atom is -0.352 e. The average Bonchev–Trinajstić information content (AvgIpc) is 2.82. The third-order valence-electron chi connectivity index (χ3n) is 2.77. The van der Waals surface area contributed by atoms with Crippen molar-refractivity contribution >= 4 is 17.7 Å². The number of rotatable bonds is 3. The van der Waals surface area contributed by atoms with E-state index in [9.17, 15) is 13.6 Å². The first kappa shape index (κ1) is 12.4. The molecular formula is C12H13F2NOS. The number of benzene rings is 1. The molecule has 1 unspecified atom stereocenters. The molecule has 0 saturated carbocycles. The van der Waals surface area contributed by atoms with Gasteiger partial charge in [0.1, 0.15) is 0 Å². The van der Waals surface area contributed by atoms with Gasteiger partial charge in [-0.15, -0.1) is 0 Å². The molecule has 1 fully saturated rings. The van der Waals surface area contributed by atoms with Crippen LogP contribution in [0.3, 0.4) is 0 Å². The van der Waals surface area contributed by atoms with Gasteiger partial charge in [0.15, 0.2) is 11.6 Å². The lowest BCUT2D eigenvalue weighted by molar-refractivity contribution is 0.0943. The number of amides is 1. The second-order valence-electron chi connectivity index (χ2n) is 4.04. The first-order chi connectivity index (χ1) is 8.18.